The second-order valence-corrected chi connectivity index (χ2v) is 19.0. The van der Waals surface area contributed by atoms with E-state index in [9.17, 15) is 16.8 Å². The number of hydrogen-bond acceptors (Lipinski definition) is 6. The Morgan fingerprint density at radius 3 is 1.52 bits per heavy atom. The molecule has 8 rings (SSSR count). The van der Waals surface area contributed by atoms with Crippen LogP contribution in [0.15, 0.2) is 106 Å². The Morgan fingerprint density at radius 1 is 0.577 bits per heavy atom. The van der Waals surface area contributed by atoms with Gasteiger partial charge in [-0.3, -0.25) is 4.72 Å². The molecule has 11 heteroatoms. The Bertz CT molecular complexity index is 2310. The Hall–Kier alpha value is -3.76. The zero-order valence-corrected chi connectivity index (χ0v) is 32.5. The van der Waals surface area contributed by atoms with Gasteiger partial charge in [-0.25, -0.2) is 16.8 Å². The van der Waals surface area contributed by atoms with Crippen molar-refractivity contribution in [2.45, 2.75) is 61.2 Å². The highest BCUT2D eigenvalue weighted by Gasteiger charge is 2.49. The van der Waals surface area contributed by atoms with Crippen LogP contribution in [0.4, 0.5) is 0 Å². The molecule has 2 saturated carbocycles. The summed E-state index contributed by atoms with van der Waals surface area (Å²) in [6.45, 7) is 0. The van der Waals surface area contributed by atoms with Crippen LogP contribution in [-0.4, -0.2) is 37.3 Å². The average molecular weight is 779 g/mol. The summed E-state index contributed by atoms with van der Waals surface area (Å²) >= 11 is 12.6. The first-order chi connectivity index (χ1) is 24.7. The molecule has 4 aliphatic rings. The van der Waals surface area contributed by atoms with Crippen molar-refractivity contribution in [2.75, 3.05) is 20.5 Å². The van der Waals surface area contributed by atoms with Gasteiger partial charge in [0.15, 0.2) is 9.84 Å². The van der Waals surface area contributed by atoms with Gasteiger partial charge < -0.3 is 9.47 Å². The van der Waals surface area contributed by atoms with Crippen LogP contribution in [0, 0.1) is 10.8 Å². The fraction of sp³-hybridized carbons (Fsp3) is 0.317. The molecule has 0 bridgehead atoms. The number of benzene rings is 4. The lowest BCUT2D eigenvalue weighted by Gasteiger charge is -2.13. The van der Waals surface area contributed by atoms with E-state index in [0.29, 0.717) is 31.9 Å². The van der Waals surface area contributed by atoms with E-state index < -0.39 is 19.9 Å². The maximum Gasteiger partial charge on any atom is 0.261 e. The smallest absolute Gasteiger partial charge is 0.261 e. The molecular weight excluding hydrogens is 737 g/mol. The summed E-state index contributed by atoms with van der Waals surface area (Å²) in [5, 5.41) is 1.14. The van der Waals surface area contributed by atoms with Crippen molar-refractivity contribution in [2.24, 2.45) is 10.8 Å². The molecule has 0 unspecified atom stereocenters. The first kappa shape index (κ1) is 36.6. The SMILES string of the molecule is COc1ccc(C2=C(NS(=O)(=O)c3ccccc3)CC3(CC3)C2)cc1Cl.COc1ccc(C2=C(c3ccc(S(C)(=O)=O)cc3)CC3(CC3)C2)cc1Cl. The molecule has 0 saturated heterocycles. The van der Waals surface area contributed by atoms with E-state index >= 15 is 0 Å². The quantitative estimate of drug-likeness (QED) is 0.182. The summed E-state index contributed by atoms with van der Waals surface area (Å²) in [6, 6.07) is 27.3. The van der Waals surface area contributed by atoms with E-state index in [4.69, 9.17) is 32.7 Å². The van der Waals surface area contributed by atoms with Gasteiger partial charge >= 0.3 is 0 Å². The van der Waals surface area contributed by atoms with Gasteiger partial charge in [0.2, 0.25) is 0 Å². The minimum absolute atomic E-state index is 0.219. The number of allylic oxidation sites excluding steroid dienone is 4. The molecule has 2 spiro atoms. The van der Waals surface area contributed by atoms with E-state index in [1.165, 1.54) is 30.2 Å². The lowest BCUT2D eigenvalue weighted by molar-refractivity contribution is 0.415. The summed E-state index contributed by atoms with van der Waals surface area (Å²) < 4.78 is 62.3. The van der Waals surface area contributed by atoms with E-state index in [2.05, 4.69) is 10.8 Å². The van der Waals surface area contributed by atoms with Gasteiger partial charge in [-0.15, -0.1) is 0 Å². The monoisotopic (exact) mass is 777 g/mol. The fourth-order valence-electron chi connectivity index (χ4n) is 7.47. The highest BCUT2D eigenvalue weighted by atomic mass is 35.5. The van der Waals surface area contributed by atoms with Crippen LogP contribution in [0.25, 0.3) is 16.7 Å². The Labute approximate surface area is 316 Å². The first-order valence-electron chi connectivity index (χ1n) is 17.2. The molecular formula is C41H41Cl2NO6S2. The molecule has 0 aliphatic heterocycles. The van der Waals surface area contributed by atoms with Crippen molar-refractivity contribution < 1.29 is 26.3 Å². The third-order valence-corrected chi connectivity index (χ3v) is 13.9. The minimum Gasteiger partial charge on any atom is -0.495 e. The molecule has 272 valence electrons. The average Bonchev–Trinajstić information content (AvgIpc) is 3.99. The number of hydrogen-bond donors (Lipinski definition) is 1. The van der Waals surface area contributed by atoms with E-state index in [1.807, 2.05) is 42.5 Å². The summed E-state index contributed by atoms with van der Waals surface area (Å²) in [5.41, 5.74) is 8.24. The van der Waals surface area contributed by atoms with Gasteiger partial charge in [-0.2, -0.15) is 0 Å². The van der Waals surface area contributed by atoms with Crippen LogP contribution in [0.2, 0.25) is 10.0 Å². The molecule has 7 nitrogen and oxygen atoms in total. The molecule has 0 atom stereocenters. The van der Waals surface area contributed by atoms with Crippen molar-refractivity contribution in [1.82, 2.24) is 4.72 Å². The highest BCUT2D eigenvalue weighted by molar-refractivity contribution is 7.90. The first-order valence-corrected chi connectivity index (χ1v) is 21.4. The van der Waals surface area contributed by atoms with Crippen LogP contribution < -0.4 is 14.2 Å². The number of halogens is 2. The van der Waals surface area contributed by atoms with Crippen LogP contribution in [0.5, 0.6) is 11.5 Å². The third-order valence-electron chi connectivity index (χ3n) is 10.8. The van der Waals surface area contributed by atoms with Crippen molar-refractivity contribution in [3.8, 4) is 11.5 Å². The molecule has 0 aromatic heterocycles. The summed E-state index contributed by atoms with van der Waals surface area (Å²) in [6.07, 6.45) is 9.76. The maximum absolute atomic E-state index is 12.8. The fourth-order valence-corrected chi connectivity index (χ4v) is 9.77. The van der Waals surface area contributed by atoms with Gasteiger partial charge in [0.1, 0.15) is 11.5 Å². The molecule has 2 fully saturated rings. The predicted molar refractivity (Wildman–Crippen MR) is 208 cm³/mol. The Morgan fingerprint density at radius 2 is 1.04 bits per heavy atom. The van der Waals surface area contributed by atoms with Crippen molar-refractivity contribution in [3.05, 3.63) is 123 Å². The van der Waals surface area contributed by atoms with Crippen molar-refractivity contribution >= 4 is 59.8 Å². The van der Waals surface area contributed by atoms with Gasteiger partial charge in [0.05, 0.1) is 34.1 Å². The summed E-state index contributed by atoms with van der Waals surface area (Å²) in [4.78, 5) is 0.631. The standard InChI is InChI=1S/C21H21ClO3S.C20H20ClNO3S/c1-25-20-8-5-15(11-19(20)22)18-13-21(9-10-21)12-17(18)14-3-6-16(7-4-14)26(2,23)24;1-25-19-8-7-14(11-17(19)21)16-12-20(9-10-20)13-18(16)22-26(23,24)15-5-3-2-4-6-15/h3-8,11H,9-10,12-13H2,1-2H3;2-8,11,22H,9-10,12-13H2,1H3. The third kappa shape index (κ3) is 7.65. The molecule has 0 heterocycles. The Balaban J connectivity index is 0.000000162. The molecule has 4 aliphatic carbocycles. The number of sulfonamides is 1. The van der Waals surface area contributed by atoms with Crippen molar-refractivity contribution in [1.29, 1.82) is 0 Å². The predicted octanol–water partition coefficient (Wildman–Crippen LogP) is 9.85. The number of sulfone groups is 1. The van der Waals surface area contributed by atoms with E-state index in [1.54, 1.807) is 56.7 Å². The topological polar surface area (TPSA) is 98.8 Å². The Kier molecular flexibility index (Phi) is 9.78. The largest absolute Gasteiger partial charge is 0.495 e. The van der Waals surface area contributed by atoms with Gasteiger partial charge in [-0.05, 0) is 144 Å². The highest BCUT2D eigenvalue weighted by Crippen LogP contribution is 2.64. The van der Waals surface area contributed by atoms with Crippen LogP contribution in [0.1, 0.15) is 68.1 Å². The summed E-state index contributed by atoms with van der Waals surface area (Å²) in [7, 11) is -3.58. The van der Waals surface area contributed by atoms with E-state index in [0.717, 1.165) is 66.5 Å². The van der Waals surface area contributed by atoms with E-state index in [-0.39, 0.29) is 10.3 Å². The lowest BCUT2D eigenvalue weighted by Crippen LogP contribution is -2.23. The number of rotatable bonds is 9. The second-order valence-electron chi connectivity index (χ2n) is 14.5. The number of nitrogens with one attached hydrogen (secondary N) is 1. The number of ether oxygens (including phenoxy) is 2. The summed E-state index contributed by atoms with van der Waals surface area (Å²) in [5.74, 6) is 1.29. The molecule has 4 aromatic carbocycles. The molecule has 1 N–H and O–H groups in total. The lowest BCUT2D eigenvalue weighted by atomic mass is 9.97. The van der Waals surface area contributed by atoms with Crippen LogP contribution in [-0.2, 0) is 19.9 Å². The van der Waals surface area contributed by atoms with Crippen molar-refractivity contribution in [3.63, 3.8) is 0 Å². The zero-order valence-electron chi connectivity index (χ0n) is 29.3. The zero-order chi connectivity index (χ0) is 36.9. The number of methoxy groups -OCH3 is 2. The minimum atomic E-state index is -3.60. The maximum atomic E-state index is 12.8. The molecule has 0 radical (unpaired) electrons. The molecule has 52 heavy (non-hydrogen) atoms. The van der Waals surface area contributed by atoms with Crippen LogP contribution in [0.3, 0.4) is 0 Å². The van der Waals surface area contributed by atoms with Gasteiger partial charge in [0.25, 0.3) is 10.0 Å². The van der Waals surface area contributed by atoms with Crippen LogP contribution >= 0.6 is 23.2 Å². The van der Waals surface area contributed by atoms with Gasteiger partial charge in [0, 0.05) is 12.0 Å². The molecule has 4 aromatic rings. The normalized spacial score (nSPS) is 18.3. The second kappa shape index (κ2) is 13.9. The molecule has 0 amide bonds. The van der Waals surface area contributed by atoms with Gasteiger partial charge in [-0.1, -0.05) is 65.7 Å².